The van der Waals surface area contributed by atoms with Crippen LogP contribution in [0.4, 0.5) is 0 Å². The average Bonchev–Trinajstić information content (AvgIpc) is 3.18. The molecule has 1 aliphatic rings. The van der Waals surface area contributed by atoms with Gasteiger partial charge in [0.15, 0.2) is 0 Å². The summed E-state index contributed by atoms with van der Waals surface area (Å²) in [4.78, 5) is 0. The van der Waals surface area contributed by atoms with Crippen molar-refractivity contribution in [3.63, 3.8) is 0 Å². The Morgan fingerprint density at radius 3 is 1.43 bits per heavy atom. The number of aryl methyl sites for hydroxylation is 2. The van der Waals surface area contributed by atoms with E-state index >= 15 is 0 Å². The summed E-state index contributed by atoms with van der Waals surface area (Å²) in [5.74, 6) is 0. The Morgan fingerprint density at radius 2 is 0.973 bits per heavy atom. The predicted octanol–water partition coefficient (Wildman–Crippen LogP) is 10.7. The summed E-state index contributed by atoms with van der Waals surface area (Å²) in [6, 6.07) is 17.8. The van der Waals surface area contributed by atoms with Crippen LogP contribution < -0.4 is 0 Å². The molecule has 37 heavy (non-hydrogen) atoms. The van der Waals surface area contributed by atoms with E-state index in [1.165, 1.54) is 60.8 Å². The van der Waals surface area contributed by atoms with Crippen LogP contribution >= 0.6 is 0 Å². The van der Waals surface area contributed by atoms with Crippen molar-refractivity contribution in [3.05, 3.63) is 87.5 Å². The van der Waals surface area contributed by atoms with Crippen molar-refractivity contribution < 1.29 is 21.2 Å². The maximum Gasteiger partial charge on any atom is 0.211 e. The summed E-state index contributed by atoms with van der Waals surface area (Å²) in [7, 11) is 0. The fourth-order valence-electron chi connectivity index (χ4n) is 5.38. The van der Waals surface area contributed by atoms with E-state index in [9.17, 15) is 5.53 Å². The molecule has 0 unspecified atom stereocenters. The van der Waals surface area contributed by atoms with Gasteiger partial charge in [0.2, 0.25) is 11.4 Å². The maximum atomic E-state index is 11.8. The van der Waals surface area contributed by atoms with E-state index in [4.69, 9.17) is 0 Å². The van der Waals surface area contributed by atoms with E-state index < -0.39 is 0 Å². The van der Waals surface area contributed by atoms with Crippen molar-refractivity contribution in [2.75, 3.05) is 0 Å². The van der Waals surface area contributed by atoms with E-state index in [1.54, 1.807) is 4.70 Å². The largest absolute Gasteiger partial charge is 0.493 e. The van der Waals surface area contributed by atoms with Crippen LogP contribution in [-0.4, -0.2) is 4.70 Å². The Balaban J connectivity index is 0.00000481. The second kappa shape index (κ2) is 16.8. The Labute approximate surface area is 237 Å². The van der Waals surface area contributed by atoms with Gasteiger partial charge in [0.05, 0.1) is 0 Å². The topological polar surface area (TPSA) is 25.3 Å². The SMILES string of the molecule is CCCCCCc1cccc(C2=C(CCCC)C(CCCC)=C(c3cccc(CCCC)c3)[N+]2=[N-])c1.[Ni]. The molecule has 0 N–H and O–H groups in total. The van der Waals surface area contributed by atoms with Gasteiger partial charge in [-0.1, -0.05) is 90.5 Å². The fourth-order valence-corrected chi connectivity index (χ4v) is 5.38. The molecule has 3 rings (SSSR count). The third-order valence-corrected chi connectivity index (χ3v) is 7.46. The summed E-state index contributed by atoms with van der Waals surface area (Å²) in [6.45, 7) is 9.03. The Bertz CT molecular complexity index is 1060. The zero-order chi connectivity index (χ0) is 25.8. The quantitative estimate of drug-likeness (QED) is 0.114. The van der Waals surface area contributed by atoms with Crippen molar-refractivity contribution in [2.45, 2.75) is 118 Å². The van der Waals surface area contributed by atoms with Crippen LogP contribution in [0, 0.1) is 0 Å². The van der Waals surface area contributed by atoms with Gasteiger partial charge < -0.3 is 5.53 Å². The molecule has 0 bridgehead atoms. The van der Waals surface area contributed by atoms with Crippen LogP contribution in [0.15, 0.2) is 59.7 Å². The van der Waals surface area contributed by atoms with E-state index in [1.807, 2.05) is 0 Å². The molecule has 0 spiro atoms. The molecule has 0 saturated carbocycles. The summed E-state index contributed by atoms with van der Waals surface area (Å²) < 4.78 is 1.55. The van der Waals surface area contributed by atoms with Gasteiger partial charge in [0.1, 0.15) is 0 Å². The Hall–Kier alpha value is -1.99. The molecule has 2 aromatic carbocycles. The molecule has 0 aliphatic carbocycles. The molecule has 0 atom stereocenters. The molecule has 0 saturated heterocycles. The number of unbranched alkanes of at least 4 members (excludes halogenated alkanes) is 6. The van der Waals surface area contributed by atoms with Crippen LogP contribution in [-0.2, 0) is 29.3 Å². The maximum absolute atomic E-state index is 11.8. The summed E-state index contributed by atoms with van der Waals surface area (Å²) >= 11 is 0. The number of nitrogens with zero attached hydrogens (tertiary/aromatic N) is 2. The van der Waals surface area contributed by atoms with Gasteiger partial charge in [0, 0.05) is 38.8 Å². The first kappa shape index (κ1) is 31.2. The van der Waals surface area contributed by atoms with Gasteiger partial charge in [-0.15, -0.1) is 0 Å². The van der Waals surface area contributed by atoms with E-state index in [0.717, 1.165) is 73.9 Å². The van der Waals surface area contributed by atoms with Crippen molar-refractivity contribution >= 4 is 11.4 Å². The fraction of sp³-hybridized carbons (Fsp3) is 0.529. The summed E-state index contributed by atoms with van der Waals surface area (Å²) in [5.41, 5.74) is 21.6. The minimum absolute atomic E-state index is 0. The zero-order valence-corrected chi connectivity index (χ0v) is 24.7. The molecule has 0 aromatic heterocycles. The van der Waals surface area contributed by atoms with Crippen LogP contribution in [0.5, 0.6) is 0 Å². The van der Waals surface area contributed by atoms with E-state index in [-0.39, 0.29) is 16.5 Å². The third-order valence-electron chi connectivity index (χ3n) is 7.46. The van der Waals surface area contributed by atoms with Gasteiger partial charge in [-0.25, -0.2) is 4.70 Å². The first-order chi connectivity index (χ1) is 17.6. The number of allylic oxidation sites excluding steroid dienone is 2. The van der Waals surface area contributed by atoms with Gasteiger partial charge in [0.25, 0.3) is 0 Å². The molecule has 2 aromatic rings. The minimum atomic E-state index is 0. The van der Waals surface area contributed by atoms with Crippen molar-refractivity contribution in [2.24, 2.45) is 0 Å². The molecule has 3 heteroatoms. The van der Waals surface area contributed by atoms with Crippen LogP contribution in [0.3, 0.4) is 0 Å². The number of hydrogen-bond acceptors (Lipinski definition) is 0. The minimum Gasteiger partial charge on any atom is -0.493 e. The summed E-state index contributed by atoms with van der Waals surface area (Å²) in [6.07, 6.45) is 16.3. The van der Waals surface area contributed by atoms with Crippen molar-refractivity contribution in [1.82, 2.24) is 0 Å². The average molecular weight is 543 g/mol. The van der Waals surface area contributed by atoms with Gasteiger partial charge in [-0.3, -0.25) is 0 Å². The number of benzene rings is 2. The number of rotatable bonds is 16. The van der Waals surface area contributed by atoms with E-state index in [2.05, 4.69) is 76.2 Å². The van der Waals surface area contributed by atoms with Crippen LogP contribution in [0.1, 0.15) is 127 Å². The standard InChI is InChI=1S/C34H48N2.Ni/c1-5-9-13-14-18-28-20-16-22-30(26-28)34-32(24-12-8-4)31(23-11-7-3)33(36(34)35)29-21-15-19-27(25-29)17-10-6-2;/h15-16,19-22,25-26H,5-14,17-18,23-24H2,1-4H3;. The Kier molecular flexibility index (Phi) is 14.2. The van der Waals surface area contributed by atoms with Gasteiger partial charge in [-0.2, -0.15) is 0 Å². The number of hydrogen-bond donors (Lipinski definition) is 0. The monoisotopic (exact) mass is 542 g/mol. The van der Waals surface area contributed by atoms with Gasteiger partial charge in [-0.05, 0) is 86.8 Å². The van der Waals surface area contributed by atoms with Crippen molar-refractivity contribution in [1.29, 1.82) is 0 Å². The molecule has 204 valence electrons. The molecule has 0 fully saturated rings. The molecule has 2 nitrogen and oxygen atoms in total. The molecule has 1 aliphatic heterocycles. The second-order valence-corrected chi connectivity index (χ2v) is 10.5. The smallest absolute Gasteiger partial charge is 0.211 e. The second-order valence-electron chi connectivity index (χ2n) is 10.5. The molecule has 0 radical (unpaired) electrons. The van der Waals surface area contributed by atoms with Crippen molar-refractivity contribution in [3.8, 4) is 0 Å². The third kappa shape index (κ3) is 8.51. The normalized spacial score (nSPS) is 13.5. The Morgan fingerprint density at radius 1 is 0.541 bits per heavy atom. The van der Waals surface area contributed by atoms with Crippen LogP contribution in [0.2, 0.25) is 0 Å². The first-order valence-electron chi connectivity index (χ1n) is 14.8. The van der Waals surface area contributed by atoms with Gasteiger partial charge >= 0.3 is 0 Å². The predicted molar refractivity (Wildman–Crippen MR) is 156 cm³/mol. The summed E-state index contributed by atoms with van der Waals surface area (Å²) in [5, 5.41) is 0. The zero-order valence-electron chi connectivity index (χ0n) is 23.7. The van der Waals surface area contributed by atoms with Crippen LogP contribution in [0.25, 0.3) is 16.9 Å². The molecule has 1 heterocycles. The first-order valence-corrected chi connectivity index (χ1v) is 14.8. The molecular weight excluding hydrogens is 495 g/mol. The molecular formula is C34H48N2Ni. The molecule has 0 amide bonds. The van der Waals surface area contributed by atoms with E-state index in [0.29, 0.717) is 0 Å².